The van der Waals surface area contributed by atoms with Crippen LogP contribution in [0.4, 0.5) is 0 Å². The molecule has 2 N–H and O–H groups in total. The molecule has 0 bridgehead atoms. The minimum Gasteiger partial charge on any atom is -0.492 e. The number of H-pyrrole nitrogens is 1. The maximum absolute atomic E-state index is 11.2. The molecule has 0 amide bonds. The van der Waals surface area contributed by atoms with Gasteiger partial charge in [0.2, 0.25) is 0 Å². The first kappa shape index (κ1) is 16.1. The summed E-state index contributed by atoms with van der Waals surface area (Å²) in [6.45, 7) is 0.586. The van der Waals surface area contributed by atoms with Crippen LogP contribution in [0.25, 0.3) is 11.4 Å². The lowest BCUT2D eigenvalue weighted by atomic mass is 9.95. The predicted molar refractivity (Wildman–Crippen MR) is 92.9 cm³/mol. The second-order valence-corrected chi connectivity index (χ2v) is 6.13. The maximum atomic E-state index is 11.2. The molecule has 7 nitrogen and oxygen atoms in total. The van der Waals surface area contributed by atoms with Crippen LogP contribution < -0.4 is 9.47 Å². The predicted octanol–water partition coefficient (Wildman–Crippen LogP) is 2.69. The van der Waals surface area contributed by atoms with E-state index in [0.717, 1.165) is 28.3 Å². The van der Waals surface area contributed by atoms with Crippen LogP contribution >= 0.6 is 0 Å². The van der Waals surface area contributed by atoms with E-state index in [1.807, 2.05) is 36.4 Å². The number of fused-ring (bicyclic) bond motifs is 1. The zero-order valence-electron chi connectivity index (χ0n) is 13.9. The summed E-state index contributed by atoms with van der Waals surface area (Å²) in [6, 6.07) is 11.3. The van der Waals surface area contributed by atoms with Crippen LogP contribution in [0.1, 0.15) is 11.1 Å². The summed E-state index contributed by atoms with van der Waals surface area (Å²) in [6.07, 6.45) is 3.81. The molecule has 132 valence electrons. The molecule has 0 spiro atoms. The van der Waals surface area contributed by atoms with Gasteiger partial charge in [0.05, 0.1) is 23.5 Å². The number of hydrogen-bond donors (Lipinski definition) is 2. The molecule has 7 heteroatoms. The van der Waals surface area contributed by atoms with Gasteiger partial charge in [0.15, 0.2) is 0 Å². The number of benzene rings is 1. The number of rotatable bonds is 5. The van der Waals surface area contributed by atoms with Crippen LogP contribution in [0.3, 0.4) is 0 Å². The van der Waals surface area contributed by atoms with Gasteiger partial charge >= 0.3 is 5.97 Å². The van der Waals surface area contributed by atoms with Gasteiger partial charge in [0.1, 0.15) is 24.7 Å². The Bertz CT molecular complexity index is 907. The van der Waals surface area contributed by atoms with Gasteiger partial charge in [-0.05, 0) is 47.9 Å². The van der Waals surface area contributed by atoms with Crippen LogP contribution in [0.2, 0.25) is 0 Å². The number of carboxylic acid groups (broad SMARTS) is 1. The van der Waals surface area contributed by atoms with Crippen molar-refractivity contribution < 1.29 is 19.4 Å². The number of nitrogens with one attached hydrogen (secondary N) is 1. The number of ether oxygens (including phenoxy) is 2. The molecule has 1 aliphatic heterocycles. The smallest absolute Gasteiger partial charge is 0.310 e. The molecule has 1 aliphatic rings. The standard InChI is InChI=1S/C19H17N3O4/c23-19(24)14-8-13-7-12(1-4-18(13)26-11-14)10-25-15-2-3-16(20-9-15)17-5-6-21-22-17/h1-7,9,14H,8,10-11H2,(H,21,22)(H,23,24)/t14-/m1/s1. The average molecular weight is 351 g/mol. The van der Waals surface area contributed by atoms with Crippen molar-refractivity contribution in [3.05, 3.63) is 59.9 Å². The first-order valence-electron chi connectivity index (χ1n) is 8.25. The van der Waals surface area contributed by atoms with E-state index in [4.69, 9.17) is 14.6 Å². The summed E-state index contributed by atoms with van der Waals surface area (Å²) in [5, 5.41) is 15.9. The third-order valence-corrected chi connectivity index (χ3v) is 4.30. The van der Waals surface area contributed by atoms with Crippen molar-refractivity contribution in [2.24, 2.45) is 5.92 Å². The Morgan fingerprint density at radius 1 is 1.31 bits per heavy atom. The summed E-state index contributed by atoms with van der Waals surface area (Å²) in [4.78, 5) is 15.5. The van der Waals surface area contributed by atoms with Crippen molar-refractivity contribution in [2.75, 3.05) is 6.61 Å². The molecule has 2 aromatic heterocycles. The Labute approximate surface area is 149 Å². The zero-order chi connectivity index (χ0) is 17.9. The highest BCUT2D eigenvalue weighted by molar-refractivity contribution is 5.71. The highest BCUT2D eigenvalue weighted by Crippen LogP contribution is 2.29. The molecule has 3 heterocycles. The SMILES string of the molecule is O=C(O)[C@H]1COc2ccc(COc3ccc(-c4ccn[nH]4)nc3)cc2C1. The van der Waals surface area contributed by atoms with E-state index in [1.54, 1.807) is 12.4 Å². The van der Waals surface area contributed by atoms with Gasteiger partial charge in [0.25, 0.3) is 0 Å². The second kappa shape index (κ2) is 6.87. The van der Waals surface area contributed by atoms with Crippen molar-refractivity contribution in [3.8, 4) is 22.9 Å². The van der Waals surface area contributed by atoms with E-state index >= 15 is 0 Å². The number of nitrogens with zero attached hydrogens (tertiary/aromatic N) is 2. The first-order chi connectivity index (χ1) is 12.7. The fourth-order valence-electron chi connectivity index (χ4n) is 2.89. The minimum atomic E-state index is -0.833. The van der Waals surface area contributed by atoms with Crippen LogP contribution in [-0.2, 0) is 17.8 Å². The van der Waals surface area contributed by atoms with Gasteiger partial charge in [-0.3, -0.25) is 14.9 Å². The maximum Gasteiger partial charge on any atom is 0.310 e. The van der Waals surface area contributed by atoms with Crippen molar-refractivity contribution in [1.29, 1.82) is 0 Å². The molecule has 0 saturated heterocycles. The van der Waals surface area contributed by atoms with E-state index in [1.165, 1.54) is 0 Å². The van der Waals surface area contributed by atoms with Crippen LogP contribution in [0, 0.1) is 5.92 Å². The summed E-state index contributed by atoms with van der Waals surface area (Å²) in [7, 11) is 0. The number of hydrogen-bond acceptors (Lipinski definition) is 5. The molecule has 0 saturated carbocycles. The fraction of sp³-hybridized carbons (Fsp3) is 0.211. The molecule has 0 radical (unpaired) electrons. The molecule has 0 fully saturated rings. The Kier molecular flexibility index (Phi) is 4.27. The zero-order valence-corrected chi connectivity index (χ0v) is 13.9. The summed E-state index contributed by atoms with van der Waals surface area (Å²) in [5.74, 6) is 0.0705. The molecule has 1 aromatic carbocycles. The summed E-state index contributed by atoms with van der Waals surface area (Å²) >= 11 is 0. The third kappa shape index (κ3) is 3.37. The van der Waals surface area contributed by atoms with Gasteiger partial charge < -0.3 is 14.6 Å². The van der Waals surface area contributed by atoms with E-state index in [-0.39, 0.29) is 6.61 Å². The second-order valence-electron chi connectivity index (χ2n) is 6.13. The summed E-state index contributed by atoms with van der Waals surface area (Å²) in [5.41, 5.74) is 3.49. The van der Waals surface area contributed by atoms with Gasteiger partial charge in [-0.15, -0.1) is 0 Å². The monoisotopic (exact) mass is 351 g/mol. The number of carbonyl (C=O) groups is 1. The van der Waals surface area contributed by atoms with Crippen molar-refractivity contribution >= 4 is 5.97 Å². The van der Waals surface area contributed by atoms with E-state index < -0.39 is 11.9 Å². The van der Waals surface area contributed by atoms with E-state index in [9.17, 15) is 4.79 Å². The van der Waals surface area contributed by atoms with Gasteiger partial charge in [-0.1, -0.05) is 6.07 Å². The average Bonchev–Trinajstić information content (AvgIpc) is 3.21. The first-order valence-corrected chi connectivity index (χ1v) is 8.25. The normalized spacial score (nSPS) is 15.8. The number of aromatic nitrogens is 3. The number of carboxylic acids is 1. The van der Waals surface area contributed by atoms with Gasteiger partial charge in [-0.25, -0.2) is 0 Å². The lowest BCUT2D eigenvalue weighted by Crippen LogP contribution is -2.27. The van der Waals surface area contributed by atoms with E-state index in [2.05, 4.69) is 15.2 Å². The molecule has 1 atom stereocenters. The number of aliphatic carboxylic acids is 1. The number of aromatic amines is 1. The molecule has 26 heavy (non-hydrogen) atoms. The van der Waals surface area contributed by atoms with Crippen molar-refractivity contribution in [1.82, 2.24) is 15.2 Å². The largest absolute Gasteiger partial charge is 0.492 e. The Hall–Kier alpha value is -3.35. The minimum absolute atomic E-state index is 0.215. The van der Waals surface area contributed by atoms with Gasteiger partial charge in [0, 0.05) is 6.20 Å². The van der Waals surface area contributed by atoms with Crippen LogP contribution in [0.15, 0.2) is 48.8 Å². The molecule has 4 rings (SSSR count). The molecular formula is C19H17N3O4. The van der Waals surface area contributed by atoms with Crippen molar-refractivity contribution in [2.45, 2.75) is 13.0 Å². The van der Waals surface area contributed by atoms with E-state index in [0.29, 0.717) is 18.8 Å². The Morgan fingerprint density at radius 3 is 2.96 bits per heavy atom. The Morgan fingerprint density at radius 2 is 2.23 bits per heavy atom. The Balaban J connectivity index is 1.42. The van der Waals surface area contributed by atoms with Crippen LogP contribution in [-0.4, -0.2) is 32.9 Å². The number of pyridine rings is 1. The highest BCUT2D eigenvalue weighted by Gasteiger charge is 2.25. The topological polar surface area (TPSA) is 97.3 Å². The van der Waals surface area contributed by atoms with Crippen molar-refractivity contribution in [3.63, 3.8) is 0 Å². The molecular weight excluding hydrogens is 334 g/mol. The molecule has 0 unspecified atom stereocenters. The quantitative estimate of drug-likeness (QED) is 0.733. The molecule has 3 aromatic rings. The highest BCUT2D eigenvalue weighted by atomic mass is 16.5. The fourth-order valence-corrected chi connectivity index (χ4v) is 2.89. The lowest BCUT2D eigenvalue weighted by Gasteiger charge is -2.23. The molecule has 0 aliphatic carbocycles. The third-order valence-electron chi connectivity index (χ3n) is 4.30. The van der Waals surface area contributed by atoms with Gasteiger partial charge in [-0.2, -0.15) is 5.10 Å². The summed E-state index contributed by atoms with van der Waals surface area (Å²) < 4.78 is 11.3. The van der Waals surface area contributed by atoms with Crippen LogP contribution in [0.5, 0.6) is 11.5 Å². The lowest BCUT2D eigenvalue weighted by molar-refractivity contribution is -0.143.